The van der Waals surface area contributed by atoms with Crippen LogP contribution in [0.25, 0.3) is 0 Å². The summed E-state index contributed by atoms with van der Waals surface area (Å²) in [4.78, 5) is 19.3. The highest BCUT2D eigenvalue weighted by atomic mass is 16.1. The minimum Gasteiger partial charge on any atom is -0.340 e. The number of benzene rings is 2. The van der Waals surface area contributed by atoms with E-state index in [4.69, 9.17) is 0 Å². The normalized spacial score (nSPS) is 15.7. The first kappa shape index (κ1) is 11.9. The van der Waals surface area contributed by atoms with Gasteiger partial charge in [-0.25, -0.2) is 4.98 Å². The number of hydrogen-bond acceptors (Lipinski definition) is 3. The van der Waals surface area contributed by atoms with Crippen molar-refractivity contribution in [1.29, 1.82) is 0 Å². The van der Waals surface area contributed by atoms with Crippen molar-refractivity contribution in [2.75, 3.05) is 5.32 Å². The van der Waals surface area contributed by atoms with Crippen LogP contribution in [0, 0.1) is 0 Å². The number of hydrogen-bond donors (Lipinski definition) is 2. The minimum atomic E-state index is -0.101. The van der Waals surface area contributed by atoms with Crippen molar-refractivity contribution >= 4 is 11.5 Å². The predicted molar refractivity (Wildman–Crippen MR) is 82.0 cm³/mol. The highest BCUT2D eigenvalue weighted by Gasteiger charge is 2.29. The van der Waals surface area contributed by atoms with Gasteiger partial charge in [0.2, 0.25) is 0 Å². The molecule has 102 valence electrons. The summed E-state index contributed by atoms with van der Waals surface area (Å²) in [5, 5.41) is 3.25. The van der Waals surface area contributed by atoms with Gasteiger partial charge in [-0.1, -0.05) is 48.5 Å². The maximum atomic E-state index is 12.3. The fourth-order valence-electron chi connectivity index (χ4n) is 2.92. The van der Waals surface area contributed by atoms with Gasteiger partial charge in [-0.05, 0) is 17.2 Å². The van der Waals surface area contributed by atoms with Crippen molar-refractivity contribution in [3.8, 4) is 0 Å². The van der Waals surface area contributed by atoms with Crippen molar-refractivity contribution in [2.45, 2.75) is 5.92 Å². The summed E-state index contributed by atoms with van der Waals surface area (Å²) in [7, 11) is 0. The van der Waals surface area contributed by atoms with Crippen LogP contribution in [0.4, 0.5) is 11.5 Å². The van der Waals surface area contributed by atoms with E-state index < -0.39 is 0 Å². The van der Waals surface area contributed by atoms with Gasteiger partial charge >= 0.3 is 0 Å². The molecule has 0 aliphatic carbocycles. The second kappa shape index (κ2) is 4.59. The van der Waals surface area contributed by atoms with E-state index in [1.54, 1.807) is 0 Å². The number of aromatic amines is 1. The molecule has 1 aliphatic heterocycles. The van der Waals surface area contributed by atoms with Gasteiger partial charge in [0.1, 0.15) is 5.82 Å². The molecule has 0 saturated carbocycles. The molecule has 4 nitrogen and oxygen atoms in total. The Hall–Kier alpha value is -2.88. The summed E-state index contributed by atoms with van der Waals surface area (Å²) in [6.45, 7) is 0. The standard InChI is InChI=1S/C17H13N3O/c21-17-15-14(11-6-2-1-3-7-11)12-8-4-5-9-13(12)20-16(15)18-10-19-17/h1-10,14H,(H2,18,19,20,21). The first-order valence-electron chi connectivity index (χ1n) is 6.83. The molecule has 0 fully saturated rings. The van der Waals surface area contributed by atoms with Gasteiger partial charge in [0.15, 0.2) is 0 Å². The summed E-state index contributed by atoms with van der Waals surface area (Å²) in [6.07, 6.45) is 1.43. The summed E-state index contributed by atoms with van der Waals surface area (Å²) in [5.41, 5.74) is 3.75. The molecule has 0 amide bonds. The Bertz CT molecular complexity index is 855. The molecule has 3 aromatic rings. The van der Waals surface area contributed by atoms with E-state index in [1.807, 2.05) is 48.5 Å². The molecule has 2 heterocycles. The van der Waals surface area contributed by atoms with E-state index >= 15 is 0 Å². The van der Waals surface area contributed by atoms with Gasteiger partial charge in [-0.2, -0.15) is 0 Å². The van der Waals surface area contributed by atoms with Crippen molar-refractivity contribution in [2.24, 2.45) is 0 Å². The molecule has 4 rings (SSSR count). The van der Waals surface area contributed by atoms with Crippen LogP contribution < -0.4 is 10.9 Å². The molecule has 2 aromatic carbocycles. The number of aromatic nitrogens is 2. The SMILES string of the molecule is O=c1[nH]cnc2c1C(c1ccccc1)c1ccccc1N2. The topological polar surface area (TPSA) is 57.8 Å². The lowest BCUT2D eigenvalue weighted by molar-refractivity contribution is 0.905. The average molecular weight is 275 g/mol. The van der Waals surface area contributed by atoms with Crippen molar-refractivity contribution in [1.82, 2.24) is 9.97 Å². The Morgan fingerprint density at radius 3 is 2.57 bits per heavy atom. The van der Waals surface area contributed by atoms with Crippen LogP contribution >= 0.6 is 0 Å². The monoisotopic (exact) mass is 275 g/mol. The zero-order valence-electron chi connectivity index (χ0n) is 11.2. The Labute approximate surface area is 121 Å². The number of fused-ring (bicyclic) bond motifs is 2. The molecular weight excluding hydrogens is 262 g/mol. The summed E-state index contributed by atoms with van der Waals surface area (Å²) in [6, 6.07) is 18.1. The molecular formula is C17H13N3O. The molecule has 0 bridgehead atoms. The number of para-hydroxylation sites is 1. The van der Waals surface area contributed by atoms with Crippen LogP contribution in [0.5, 0.6) is 0 Å². The number of nitrogens with zero attached hydrogens (tertiary/aromatic N) is 1. The van der Waals surface area contributed by atoms with Crippen molar-refractivity contribution in [3.63, 3.8) is 0 Å². The van der Waals surface area contributed by atoms with Crippen LogP contribution in [0.3, 0.4) is 0 Å². The highest BCUT2D eigenvalue weighted by Crippen LogP contribution is 2.41. The maximum Gasteiger partial charge on any atom is 0.257 e. The zero-order valence-corrected chi connectivity index (χ0v) is 11.2. The molecule has 1 aromatic heterocycles. The third-order valence-corrected chi connectivity index (χ3v) is 3.84. The first-order chi connectivity index (χ1) is 10.3. The van der Waals surface area contributed by atoms with E-state index in [0.29, 0.717) is 11.4 Å². The van der Waals surface area contributed by atoms with Crippen molar-refractivity contribution < 1.29 is 0 Å². The summed E-state index contributed by atoms with van der Waals surface area (Å²) in [5.74, 6) is 0.530. The van der Waals surface area contributed by atoms with Gasteiger partial charge in [0.05, 0.1) is 11.9 Å². The summed E-state index contributed by atoms with van der Waals surface area (Å²) < 4.78 is 0. The second-order valence-electron chi connectivity index (χ2n) is 5.05. The molecule has 21 heavy (non-hydrogen) atoms. The number of anilines is 2. The fraction of sp³-hybridized carbons (Fsp3) is 0.0588. The number of rotatable bonds is 1. The van der Waals surface area contributed by atoms with E-state index in [1.165, 1.54) is 6.33 Å². The van der Waals surface area contributed by atoms with Crippen LogP contribution in [-0.4, -0.2) is 9.97 Å². The van der Waals surface area contributed by atoms with Crippen LogP contribution in [0.1, 0.15) is 22.6 Å². The average Bonchev–Trinajstić information content (AvgIpc) is 2.54. The summed E-state index contributed by atoms with van der Waals surface area (Å²) >= 11 is 0. The van der Waals surface area contributed by atoms with Crippen LogP contribution in [-0.2, 0) is 0 Å². The molecule has 4 heteroatoms. The number of nitrogens with one attached hydrogen (secondary N) is 2. The van der Waals surface area contributed by atoms with Crippen molar-refractivity contribution in [3.05, 3.63) is 88.0 Å². The molecule has 0 spiro atoms. The third-order valence-electron chi connectivity index (χ3n) is 3.84. The Morgan fingerprint density at radius 1 is 0.952 bits per heavy atom. The molecule has 2 N–H and O–H groups in total. The molecule has 0 radical (unpaired) electrons. The second-order valence-corrected chi connectivity index (χ2v) is 5.05. The molecule has 1 unspecified atom stereocenters. The van der Waals surface area contributed by atoms with E-state index in [0.717, 1.165) is 16.8 Å². The minimum absolute atomic E-state index is 0.101. The van der Waals surface area contributed by atoms with E-state index in [9.17, 15) is 4.79 Å². The Balaban J connectivity index is 2.03. The lowest BCUT2D eigenvalue weighted by atomic mass is 9.83. The van der Waals surface area contributed by atoms with Crippen LogP contribution in [0.2, 0.25) is 0 Å². The molecule has 0 saturated heterocycles. The fourth-order valence-corrected chi connectivity index (χ4v) is 2.92. The van der Waals surface area contributed by atoms with Gasteiger partial charge in [-0.3, -0.25) is 4.79 Å². The molecule has 1 aliphatic rings. The predicted octanol–water partition coefficient (Wildman–Crippen LogP) is 3.01. The highest BCUT2D eigenvalue weighted by molar-refractivity contribution is 5.72. The third kappa shape index (κ3) is 1.84. The van der Waals surface area contributed by atoms with Gasteiger partial charge in [0, 0.05) is 11.6 Å². The van der Waals surface area contributed by atoms with Gasteiger partial charge in [0.25, 0.3) is 5.56 Å². The Morgan fingerprint density at radius 2 is 1.71 bits per heavy atom. The lowest BCUT2D eigenvalue weighted by Gasteiger charge is -2.27. The Kier molecular flexibility index (Phi) is 2.60. The largest absolute Gasteiger partial charge is 0.340 e. The maximum absolute atomic E-state index is 12.3. The molecule has 1 atom stereocenters. The zero-order chi connectivity index (χ0) is 14.2. The smallest absolute Gasteiger partial charge is 0.257 e. The van der Waals surface area contributed by atoms with Gasteiger partial charge in [-0.15, -0.1) is 0 Å². The van der Waals surface area contributed by atoms with E-state index in [-0.39, 0.29) is 11.5 Å². The first-order valence-corrected chi connectivity index (χ1v) is 6.83. The van der Waals surface area contributed by atoms with Gasteiger partial charge < -0.3 is 10.3 Å². The lowest BCUT2D eigenvalue weighted by Crippen LogP contribution is -2.24. The van der Waals surface area contributed by atoms with Crippen LogP contribution in [0.15, 0.2) is 65.7 Å². The number of H-pyrrole nitrogens is 1. The quantitative estimate of drug-likeness (QED) is 0.561. The van der Waals surface area contributed by atoms with E-state index in [2.05, 4.69) is 21.4 Å².